The van der Waals surface area contributed by atoms with E-state index in [4.69, 9.17) is 5.26 Å². The smallest absolute Gasteiger partial charge is 0.0819 e. The van der Waals surface area contributed by atoms with Crippen molar-refractivity contribution in [2.75, 3.05) is 6.61 Å². The molecule has 0 radical (unpaired) electrons. The second-order valence-corrected chi connectivity index (χ2v) is 2.87. The molecule has 1 saturated carbocycles. The van der Waals surface area contributed by atoms with Gasteiger partial charge in [0, 0.05) is 0 Å². The molecule has 1 aliphatic rings. The van der Waals surface area contributed by atoms with Gasteiger partial charge < -0.3 is 0 Å². The topological polar surface area (TPSA) is 29.5 Å². The van der Waals surface area contributed by atoms with Gasteiger partial charge in [0.25, 0.3) is 0 Å². The van der Waals surface area contributed by atoms with Gasteiger partial charge in [-0.1, -0.05) is 33.1 Å². The summed E-state index contributed by atoms with van der Waals surface area (Å²) < 4.78 is 0. The lowest BCUT2D eigenvalue weighted by molar-refractivity contribution is -0.242. The highest BCUT2D eigenvalue weighted by atomic mass is 17.1. The maximum Gasteiger partial charge on any atom is 0.0819 e. The summed E-state index contributed by atoms with van der Waals surface area (Å²) in [6, 6.07) is 0. The van der Waals surface area contributed by atoms with E-state index in [1.54, 1.807) is 0 Å². The Morgan fingerprint density at radius 2 is 2.00 bits per heavy atom. The van der Waals surface area contributed by atoms with Crippen molar-refractivity contribution in [3.63, 3.8) is 0 Å². The van der Waals surface area contributed by atoms with Gasteiger partial charge in [0.15, 0.2) is 0 Å². The molecule has 0 heterocycles. The predicted octanol–water partition coefficient (Wildman–Crippen LogP) is 2.69. The number of hydrogen-bond donors (Lipinski definition) is 1. The maximum absolute atomic E-state index is 7.70. The van der Waals surface area contributed by atoms with Crippen LogP contribution in [0.1, 0.15) is 39.5 Å². The van der Waals surface area contributed by atoms with Crippen molar-refractivity contribution >= 4 is 0 Å². The Labute approximate surface area is 63.1 Å². The zero-order valence-electron chi connectivity index (χ0n) is 6.97. The second kappa shape index (κ2) is 7.03. The van der Waals surface area contributed by atoms with Crippen LogP contribution in [0.15, 0.2) is 0 Å². The van der Waals surface area contributed by atoms with E-state index >= 15 is 0 Å². The average Bonchev–Trinajstić information content (AvgIpc) is 2.69. The molecule has 0 unspecified atom stereocenters. The number of rotatable bonds is 3. The molecule has 10 heavy (non-hydrogen) atoms. The molecule has 0 aromatic rings. The van der Waals surface area contributed by atoms with Crippen LogP contribution in [0.4, 0.5) is 0 Å². The van der Waals surface area contributed by atoms with Crippen LogP contribution in [-0.4, -0.2) is 11.9 Å². The highest BCUT2D eigenvalue weighted by Gasteiger charge is 2.12. The zero-order chi connectivity index (χ0) is 7.82. The van der Waals surface area contributed by atoms with Gasteiger partial charge in [0.2, 0.25) is 0 Å². The van der Waals surface area contributed by atoms with Crippen LogP contribution in [0.25, 0.3) is 0 Å². The molecular weight excluding hydrogens is 128 g/mol. The van der Waals surface area contributed by atoms with E-state index in [1.165, 1.54) is 12.8 Å². The van der Waals surface area contributed by atoms with Gasteiger partial charge in [-0.3, -0.25) is 5.26 Å². The lowest BCUT2D eigenvalue weighted by atomic mass is 10.4. The molecule has 2 heteroatoms. The summed E-state index contributed by atoms with van der Waals surface area (Å²) in [6.45, 7) is 4.79. The van der Waals surface area contributed by atoms with E-state index in [1.807, 2.05) is 6.92 Å². The zero-order valence-corrected chi connectivity index (χ0v) is 6.97. The lowest BCUT2D eigenvalue weighted by Crippen LogP contribution is -1.84. The van der Waals surface area contributed by atoms with Crippen LogP contribution in [-0.2, 0) is 4.89 Å². The van der Waals surface area contributed by atoms with Crippen molar-refractivity contribution in [3.05, 3.63) is 0 Å². The van der Waals surface area contributed by atoms with Crippen molar-refractivity contribution < 1.29 is 10.1 Å². The van der Waals surface area contributed by atoms with E-state index < -0.39 is 0 Å². The molecule has 1 rings (SSSR count). The molecule has 0 amide bonds. The first kappa shape index (κ1) is 9.92. The molecule has 0 aromatic carbocycles. The molecule has 2 nitrogen and oxygen atoms in total. The second-order valence-electron chi connectivity index (χ2n) is 2.87. The highest BCUT2D eigenvalue weighted by Crippen LogP contribution is 2.26. The fourth-order valence-corrected chi connectivity index (χ4v) is 0.376. The average molecular weight is 146 g/mol. The fourth-order valence-electron chi connectivity index (χ4n) is 0.376. The first-order valence-corrected chi connectivity index (χ1v) is 4.07. The number of hydrogen-bond acceptors (Lipinski definition) is 2. The summed E-state index contributed by atoms with van der Waals surface area (Å²) in [6.07, 6.45) is 4.98. The van der Waals surface area contributed by atoms with Crippen molar-refractivity contribution in [3.8, 4) is 0 Å². The van der Waals surface area contributed by atoms with Crippen molar-refractivity contribution in [1.82, 2.24) is 0 Å². The lowest BCUT2D eigenvalue weighted by Gasteiger charge is -1.87. The Kier molecular flexibility index (Phi) is 6.98. The van der Waals surface area contributed by atoms with E-state index in [9.17, 15) is 0 Å². The standard InChI is InChI=1S/C4H10O2.C4H8/c1-2-3-4-6-5;1-4-2-3-4/h5H,2-4H2,1H3;4H,2-3H2,1H3. The van der Waals surface area contributed by atoms with Crippen LogP contribution >= 0.6 is 0 Å². The fraction of sp³-hybridized carbons (Fsp3) is 1.00. The van der Waals surface area contributed by atoms with Gasteiger partial charge in [-0.2, -0.15) is 0 Å². The molecule has 0 atom stereocenters. The minimum Gasteiger partial charge on any atom is -0.252 e. The third-order valence-corrected chi connectivity index (χ3v) is 1.46. The van der Waals surface area contributed by atoms with Gasteiger partial charge in [0.1, 0.15) is 0 Å². The van der Waals surface area contributed by atoms with Crippen LogP contribution in [0.2, 0.25) is 0 Å². The first-order chi connectivity index (χ1) is 4.81. The summed E-state index contributed by atoms with van der Waals surface area (Å²) in [5.74, 6) is 1.08. The molecule has 0 bridgehead atoms. The molecule has 0 spiro atoms. The third kappa shape index (κ3) is 10.8. The first-order valence-electron chi connectivity index (χ1n) is 4.07. The summed E-state index contributed by atoms with van der Waals surface area (Å²) in [7, 11) is 0. The summed E-state index contributed by atoms with van der Waals surface area (Å²) in [4.78, 5) is 3.78. The highest BCUT2D eigenvalue weighted by molar-refractivity contribution is 4.65. The van der Waals surface area contributed by atoms with Gasteiger partial charge in [-0.25, -0.2) is 4.89 Å². The van der Waals surface area contributed by atoms with Crippen LogP contribution < -0.4 is 0 Å². The van der Waals surface area contributed by atoms with Gasteiger partial charge >= 0.3 is 0 Å². The molecule has 1 fully saturated rings. The SMILES string of the molecule is CC1CC1.CCCCOO. The normalized spacial score (nSPS) is 15.9. The summed E-state index contributed by atoms with van der Waals surface area (Å²) in [5.41, 5.74) is 0. The van der Waals surface area contributed by atoms with Gasteiger partial charge in [-0.15, -0.1) is 0 Å². The molecular formula is C8H18O2. The van der Waals surface area contributed by atoms with Crippen LogP contribution in [0.5, 0.6) is 0 Å². The summed E-state index contributed by atoms with van der Waals surface area (Å²) in [5, 5.41) is 7.70. The largest absolute Gasteiger partial charge is 0.252 e. The van der Waals surface area contributed by atoms with Crippen molar-refractivity contribution in [2.45, 2.75) is 39.5 Å². The molecule has 1 N–H and O–H groups in total. The Bertz CT molecular complexity index is 56.3. The third-order valence-electron chi connectivity index (χ3n) is 1.46. The molecule has 0 aromatic heterocycles. The van der Waals surface area contributed by atoms with Crippen molar-refractivity contribution in [2.24, 2.45) is 5.92 Å². The van der Waals surface area contributed by atoms with Gasteiger partial charge in [-0.05, 0) is 12.3 Å². The maximum atomic E-state index is 7.70. The number of unbranched alkanes of at least 4 members (excludes halogenated alkanes) is 1. The Morgan fingerprint density at radius 3 is 2.10 bits per heavy atom. The Hall–Kier alpha value is -0.0800. The summed E-state index contributed by atoms with van der Waals surface area (Å²) >= 11 is 0. The molecule has 62 valence electrons. The van der Waals surface area contributed by atoms with Crippen molar-refractivity contribution in [1.29, 1.82) is 0 Å². The minimum absolute atomic E-state index is 0.469. The molecule has 0 saturated heterocycles. The van der Waals surface area contributed by atoms with E-state index in [-0.39, 0.29) is 0 Å². The predicted molar refractivity (Wildman–Crippen MR) is 41.9 cm³/mol. The van der Waals surface area contributed by atoms with Gasteiger partial charge in [0.05, 0.1) is 6.61 Å². The molecule has 0 aliphatic heterocycles. The van der Waals surface area contributed by atoms with Crippen LogP contribution in [0, 0.1) is 5.92 Å². The quantitative estimate of drug-likeness (QED) is 0.377. The van der Waals surface area contributed by atoms with E-state index in [2.05, 4.69) is 11.8 Å². The minimum atomic E-state index is 0.469. The van der Waals surface area contributed by atoms with Crippen LogP contribution in [0.3, 0.4) is 0 Å². The Morgan fingerprint density at radius 1 is 1.50 bits per heavy atom. The Balaban J connectivity index is 0.000000172. The monoisotopic (exact) mass is 146 g/mol. The molecule has 1 aliphatic carbocycles. The van der Waals surface area contributed by atoms with E-state index in [0.29, 0.717) is 6.61 Å². The van der Waals surface area contributed by atoms with E-state index in [0.717, 1.165) is 18.8 Å².